The first kappa shape index (κ1) is 13.7. The van der Waals surface area contributed by atoms with Crippen molar-refractivity contribution in [2.24, 2.45) is 5.92 Å². The molecule has 0 amide bonds. The lowest BCUT2D eigenvalue weighted by Crippen LogP contribution is -2.19. The van der Waals surface area contributed by atoms with Crippen LogP contribution in [0.15, 0.2) is 41.3 Å². The Kier molecular flexibility index (Phi) is 3.61. The average molecular weight is 311 g/mol. The van der Waals surface area contributed by atoms with Gasteiger partial charge in [-0.05, 0) is 30.9 Å². The van der Waals surface area contributed by atoms with Crippen molar-refractivity contribution in [3.8, 4) is 5.75 Å². The first-order chi connectivity index (χ1) is 9.55. The number of benzene rings is 2. The summed E-state index contributed by atoms with van der Waals surface area (Å²) in [6.45, 7) is 0.691. The van der Waals surface area contributed by atoms with Gasteiger partial charge in [-0.15, -0.1) is 0 Å². The summed E-state index contributed by atoms with van der Waals surface area (Å²) in [6, 6.07) is 10.5. The van der Waals surface area contributed by atoms with Crippen molar-refractivity contribution in [2.75, 3.05) is 6.61 Å². The first-order valence-corrected chi connectivity index (χ1v) is 8.96. The molecule has 106 valence electrons. The van der Waals surface area contributed by atoms with Crippen LogP contribution >= 0.6 is 10.7 Å². The Hall–Kier alpha value is -1.26. The van der Waals surface area contributed by atoms with E-state index in [9.17, 15) is 8.42 Å². The minimum Gasteiger partial charge on any atom is -0.493 e. The zero-order valence-corrected chi connectivity index (χ0v) is 12.5. The zero-order chi connectivity index (χ0) is 14.2. The van der Waals surface area contributed by atoms with Gasteiger partial charge in [-0.1, -0.05) is 30.7 Å². The normalized spacial score (nSPS) is 16.1. The Morgan fingerprint density at radius 2 is 1.80 bits per heavy atom. The molecule has 3 nitrogen and oxygen atoms in total. The van der Waals surface area contributed by atoms with E-state index in [2.05, 4.69) is 0 Å². The second-order valence-corrected chi connectivity index (χ2v) is 7.69. The van der Waals surface area contributed by atoms with Crippen molar-refractivity contribution in [1.82, 2.24) is 0 Å². The Balaban J connectivity index is 2.01. The van der Waals surface area contributed by atoms with Gasteiger partial charge in [-0.3, -0.25) is 0 Å². The van der Waals surface area contributed by atoms with Gasteiger partial charge in [0.15, 0.2) is 0 Å². The van der Waals surface area contributed by atoms with E-state index in [0.717, 1.165) is 11.1 Å². The molecule has 0 heterocycles. The maximum atomic E-state index is 11.6. The molecule has 0 bridgehead atoms. The number of fused-ring (bicyclic) bond motifs is 1. The fraction of sp³-hybridized carbons (Fsp3) is 0.333. The smallest absolute Gasteiger partial charge is 0.261 e. The lowest BCUT2D eigenvalue weighted by atomic mass is 9.86. The van der Waals surface area contributed by atoms with Gasteiger partial charge in [-0.2, -0.15) is 0 Å². The molecule has 0 saturated heterocycles. The van der Waals surface area contributed by atoms with Crippen molar-refractivity contribution in [1.29, 1.82) is 0 Å². The molecule has 0 radical (unpaired) electrons. The monoisotopic (exact) mass is 310 g/mol. The number of halogens is 1. The lowest BCUT2D eigenvalue weighted by molar-refractivity contribution is 0.182. The van der Waals surface area contributed by atoms with Gasteiger partial charge < -0.3 is 4.74 Å². The van der Waals surface area contributed by atoms with Gasteiger partial charge in [-0.25, -0.2) is 8.42 Å². The quantitative estimate of drug-likeness (QED) is 0.803. The highest BCUT2D eigenvalue weighted by Crippen LogP contribution is 2.34. The summed E-state index contributed by atoms with van der Waals surface area (Å²) in [4.78, 5) is 0.130. The van der Waals surface area contributed by atoms with Crippen LogP contribution in [-0.4, -0.2) is 15.0 Å². The van der Waals surface area contributed by atoms with Crippen LogP contribution in [0.1, 0.15) is 19.3 Å². The van der Waals surface area contributed by atoms with Crippen LogP contribution < -0.4 is 4.74 Å². The third-order valence-electron chi connectivity index (χ3n) is 3.81. The van der Waals surface area contributed by atoms with Gasteiger partial charge in [0.1, 0.15) is 5.75 Å². The topological polar surface area (TPSA) is 43.4 Å². The largest absolute Gasteiger partial charge is 0.493 e. The fourth-order valence-corrected chi connectivity index (χ4v) is 3.52. The standard InChI is InChI=1S/C15H15ClO3S/c16-20(17,18)15-9-8-14(19-10-11-4-3-5-11)12-6-1-2-7-13(12)15/h1-2,6-9,11H,3-5,10H2. The van der Waals surface area contributed by atoms with Crippen LogP contribution in [0.4, 0.5) is 0 Å². The second-order valence-electron chi connectivity index (χ2n) is 5.15. The van der Waals surface area contributed by atoms with Crippen molar-refractivity contribution < 1.29 is 13.2 Å². The fourth-order valence-electron chi connectivity index (χ4n) is 2.45. The maximum absolute atomic E-state index is 11.6. The van der Waals surface area contributed by atoms with E-state index in [4.69, 9.17) is 15.4 Å². The summed E-state index contributed by atoms with van der Waals surface area (Å²) < 4.78 is 29.1. The van der Waals surface area contributed by atoms with Crippen molar-refractivity contribution in [3.05, 3.63) is 36.4 Å². The van der Waals surface area contributed by atoms with E-state index in [1.54, 1.807) is 18.2 Å². The molecule has 1 saturated carbocycles. The van der Waals surface area contributed by atoms with E-state index in [-0.39, 0.29) is 4.90 Å². The molecule has 0 aromatic heterocycles. The van der Waals surface area contributed by atoms with Crippen LogP contribution in [-0.2, 0) is 9.05 Å². The molecule has 3 rings (SSSR count). The Morgan fingerprint density at radius 3 is 2.40 bits per heavy atom. The molecular weight excluding hydrogens is 296 g/mol. The van der Waals surface area contributed by atoms with E-state index in [1.807, 2.05) is 12.1 Å². The molecule has 0 spiro atoms. The van der Waals surface area contributed by atoms with E-state index >= 15 is 0 Å². The third kappa shape index (κ3) is 2.63. The molecule has 5 heteroatoms. The highest BCUT2D eigenvalue weighted by atomic mass is 35.7. The van der Waals surface area contributed by atoms with E-state index < -0.39 is 9.05 Å². The highest BCUT2D eigenvalue weighted by Gasteiger charge is 2.20. The highest BCUT2D eigenvalue weighted by molar-refractivity contribution is 8.14. The molecule has 0 N–H and O–H groups in total. The summed E-state index contributed by atoms with van der Waals surface area (Å²) >= 11 is 0. The van der Waals surface area contributed by atoms with Crippen LogP contribution in [0.3, 0.4) is 0 Å². The van der Waals surface area contributed by atoms with Crippen LogP contribution in [0.2, 0.25) is 0 Å². The predicted molar refractivity (Wildman–Crippen MR) is 79.8 cm³/mol. The minimum absolute atomic E-state index is 0.130. The summed E-state index contributed by atoms with van der Waals surface area (Å²) in [6.07, 6.45) is 3.70. The molecule has 1 aliphatic rings. The number of rotatable bonds is 4. The van der Waals surface area contributed by atoms with Gasteiger partial charge in [0.25, 0.3) is 9.05 Å². The predicted octanol–water partition coefficient (Wildman–Crippen LogP) is 3.95. The van der Waals surface area contributed by atoms with Crippen molar-refractivity contribution in [3.63, 3.8) is 0 Å². The number of ether oxygens (including phenoxy) is 1. The van der Waals surface area contributed by atoms with Crippen molar-refractivity contribution in [2.45, 2.75) is 24.2 Å². The van der Waals surface area contributed by atoms with Gasteiger partial charge in [0.05, 0.1) is 11.5 Å². The molecule has 1 aliphatic carbocycles. The second kappa shape index (κ2) is 5.26. The zero-order valence-electron chi connectivity index (χ0n) is 10.9. The van der Waals surface area contributed by atoms with Crippen LogP contribution in [0, 0.1) is 5.92 Å². The SMILES string of the molecule is O=S(=O)(Cl)c1ccc(OCC2CCC2)c2ccccc12. The molecule has 0 unspecified atom stereocenters. The first-order valence-electron chi connectivity index (χ1n) is 6.65. The summed E-state index contributed by atoms with van der Waals surface area (Å²) in [5.74, 6) is 1.35. The molecule has 2 aromatic rings. The summed E-state index contributed by atoms with van der Waals surface area (Å²) in [5.41, 5.74) is 0. The molecule has 0 atom stereocenters. The number of hydrogen-bond acceptors (Lipinski definition) is 3. The maximum Gasteiger partial charge on any atom is 0.261 e. The Labute approximate surface area is 122 Å². The molecular formula is C15H15ClO3S. The summed E-state index contributed by atoms with van der Waals surface area (Å²) in [5, 5.41) is 1.39. The molecule has 0 aliphatic heterocycles. The Bertz CT molecular complexity index is 736. The number of hydrogen-bond donors (Lipinski definition) is 0. The molecule has 2 aromatic carbocycles. The van der Waals surface area contributed by atoms with Crippen molar-refractivity contribution >= 4 is 30.5 Å². The van der Waals surface area contributed by atoms with Gasteiger partial charge >= 0.3 is 0 Å². The molecule has 1 fully saturated rings. The average Bonchev–Trinajstić information content (AvgIpc) is 2.35. The van der Waals surface area contributed by atoms with Gasteiger partial charge in [0.2, 0.25) is 0 Å². The molecule has 20 heavy (non-hydrogen) atoms. The van der Waals surface area contributed by atoms with Crippen LogP contribution in [0.5, 0.6) is 5.75 Å². The lowest BCUT2D eigenvalue weighted by Gasteiger charge is -2.25. The van der Waals surface area contributed by atoms with Crippen LogP contribution in [0.25, 0.3) is 10.8 Å². The summed E-state index contributed by atoms with van der Waals surface area (Å²) in [7, 11) is 1.73. The van der Waals surface area contributed by atoms with E-state index in [1.165, 1.54) is 25.3 Å². The third-order valence-corrected chi connectivity index (χ3v) is 5.19. The van der Waals surface area contributed by atoms with Gasteiger partial charge in [0, 0.05) is 21.5 Å². The Morgan fingerprint density at radius 1 is 1.10 bits per heavy atom. The van der Waals surface area contributed by atoms with E-state index in [0.29, 0.717) is 17.9 Å². The minimum atomic E-state index is -3.75.